The van der Waals surface area contributed by atoms with Gasteiger partial charge in [-0.2, -0.15) is 9.97 Å². The standard InChI is InChI=1S/C29H28FN5O3/c1-3-10-38-29-32-27-23(28(33-29)34-14-19-8-9-20(15-34)35(19)16-36)13-31-26(25(27)30)22-12-21(37)11-18-7-5-6-17(4-2)24(18)22/h3,5-7,11-13,16,19-20,37H,1,4,8-10,14-15H2,2H3. The number of aromatic nitrogens is 3. The topological polar surface area (TPSA) is 91.7 Å². The Morgan fingerprint density at radius 2 is 2.00 bits per heavy atom. The number of ether oxygens (including phenoxy) is 1. The highest BCUT2D eigenvalue weighted by Crippen LogP contribution is 2.39. The number of hydrogen-bond acceptors (Lipinski definition) is 7. The monoisotopic (exact) mass is 513 g/mol. The normalized spacial score (nSPS) is 18.8. The number of phenols is 1. The second-order valence-electron chi connectivity index (χ2n) is 9.82. The van der Waals surface area contributed by atoms with E-state index in [1.165, 1.54) is 0 Å². The fourth-order valence-electron chi connectivity index (χ4n) is 5.90. The maximum absolute atomic E-state index is 16.4. The van der Waals surface area contributed by atoms with Gasteiger partial charge in [0.05, 0.1) is 5.39 Å². The van der Waals surface area contributed by atoms with Crippen LogP contribution in [-0.2, 0) is 11.2 Å². The lowest BCUT2D eigenvalue weighted by atomic mass is 9.95. The summed E-state index contributed by atoms with van der Waals surface area (Å²) in [4.78, 5) is 29.2. The number of halogens is 1. The van der Waals surface area contributed by atoms with Gasteiger partial charge in [-0.25, -0.2) is 4.39 Å². The first kappa shape index (κ1) is 24.1. The lowest BCUT2D eigenvalue weighted by molar-refractivity contribution is -0.121. The van der Waals surface area contributed by atoms with Gasteiger partial charge in [-0.1, -0.05) is 37.8 Å². The summed E-state index contributed by atoms with van der Waals surface area (Å²) in [6.45, 7) is 7.07. The quantitative estimate of drug-likeness (QED) is 0.285. The molecule has 2 aromatic carbocycles. The molecule has 2 fully saturated rings. The van der Waals surface area contributed by atoms with Crippen molar-refractivity contribution in [1.82, 2.24) is 19.9 Å². The summed E-state index contributed by atoms with van der Waals surface area (Å²) in [5.41, 5.74) is 1.73. The first-order valence-corrected chi connectivity index (χ1v) is 12.8. The van der Waals surface area contributed by atoms with Gasteiger partial charge in [0.2, 0.25) is 6.41 Å². The van der Waals surface area contributed by atoms with Gasteiger partial charge in [0.1, 0.15) is 29.4 Å². The fourth-order valence-corrected chi connectivity index (χ4v) is 5.90. The van der Waals surface area contributed by atoms with Crippen molar-refractivity contribution in [2.75, 3.05) is 24.6 Å². The number of anilines is 1. The third-order valence-electron chi connectivity index (χ3n) is 7.62. The van der Waals surface area contributed by atoms with Crippen LogP contribution in [0.25, 0.3) is 32.9 Å². The molecular weight excluding hydrogens is 485 g/mol. The van der Waals surface area contributed by atoms with Crippen LogP contribution in [0.3, 0.4) is 0 Å². The maximum atomic E-state index is 16.4. The molecule has 2 aliphatic heterocycles. The van der Waals surface area contributed by atoms with Crippen LogP contribution < -0.4 is 9.64 Å². The largest absolute Gasteiger partial charge is 0.508 e. The number of nitrogens with zero attached hydrogens (tertiary/aromatic N) is 5. The van der Waals surface area contributed by atoms with E-state index in [1.54, 1.807) is 24.4 Å². The van der Waals surface area contributed by atoms with Crippen molar-refractivity contribution in [2.45, 2.75) is 38.3 Å². The average Bonchev–Trinajstić information content (AvgIpc) is 3.18. The van der Waals surface area contributed by atoms with Crippen molar-refractivity contribution < 1.29 is 19.0 Å². The Kier molecular flexibility index (Phi) is 6.06. The minimum Gasteiger partial charge on any atom is -0.508 e. The van der Waals surface area contributed by atoms with E-state index in [2.05, 4.69) is 26.4 Å². The molecule has 0 aliphatic carbocycles. The molecule has 0 saturated carbocycles. The van der Waals surface area contributed by atoms with Crippen LogP contribution >= 0.6 is 0 Å². The third-order valence-corrected chi connectivity index (χ3v) is 7.62. The molecule has 2 unspecified atom stereocenters. The van der Waals surface area contributed by atoms with E-state index < -0.39 is 5.82 Å². The maximum Gasteiger partial charge on any atom is 0.319 e. The molecular formula is C29H28FN5O3. The van der Waals surface area contributed by atoms with Gasteiger partial charge in [0.15, 0.2) is 5.82 Å². The van der Waals surface area contributed by atoms with Crippen LogP contribution in [0.5, 0.6) is 11.8 Å². The summed E-state index contributed by atoms with van der Waals surface area (Å²) in [7, 11) is 0. The molecule has 1 N–H and O–H groups in total. The number of aryl methyl sites for hydroxylation is 1. The third kappa shape index (κ3) is 3.89. The Morgan fingerprint density at radius 1 is 1.21 bits per heavy atom. The number of benzene rings is 2. The van der Waals surface area contributed by atoms with E-state index in [9.17, 15) is 9.90 Å². The Morgan fingerprint density at radius 3 is 2.71 bits per heavy atom. The minimum absolute atomic E-state index is 0.0314. The number of piperazine rings is 1. The molecule has 194 valence electrons. The second kappa shape index (κ2) is 9.55. The number of carbonyl (C=O) groups excluding carboxylic acids is 1. The predicted molar refractivity (Wildman–Crippen MR) is 144 cm³/mol. The molecule has 8 nitrogen and oxygen atoms in total. The number of amides is 1. The molecule has 38 heavy (non-hydrogen) atoms. The molecule has 2 saturated heterocycles. The first-order chi connectivity index (χ1) is 18.5. The van der Waals surface area contributed by atoms with E-state index in [4.69, 9.17) is 4.74 Å². The van der Waals surface area contributed by atoms with Crippen molar-refractivity contribution in [3.8, 4) is 23.0 Å². The lowest BCUT2D eigenvalue weighted by Gasteiger charge is -2.39. The number of phenolic OH excluding ortho intramolecular Hbond substituents is 1. The zero-order chi connectivity index (χ0) is 26.4. The van der Waals surface area contributed by atoms with Crippen LogP contribution in [0.4, 0.5) is 10.2 Å². The van der Waals surface area contributed by atoms with Gasteiger partial charge >= 0.3 is 6.01 Å². The van der Waals surface area contributed by atoms with Gasteiger partial charge < -0.3 is 19.6 Å². The molecule has 0 radical (unpaired) electrons. The van der Waals surface area contributed by atoms with Crippen LogP contribution in [-0.4, -0.2) is 63.1 Å². The molecule has 0 spiro atoms. The highest BCUT2D eigenvalue weighted by Gasteiger charge is 2.40. The highest BCUT2D eigenvalue weighted by molar-refractivity contribution is 6.01. The van der Waals surface area contributed by atoms with Crippen LogP contribution in [0, 0.1) is 5.82 Å². The zero-order valence-electron chi connectivity index (χ0n) is 21.1. The SMILES string of the molecule is C=CCOc1nc(N2CC3CCC(C2)N3C=O)c2cnc(-c3cc(O)cc4cccc(CC)c34)c(F)c2n1. The predicted octanol–water partition coefficient (Wildman–Crippen LogP) is 4.63. The van der Waals surface area contributed by atoms with Crippen molar-refractivity contribution in [3.63, 3.8) is 0 Å². The van der Waals surface area contributed by atoms with E-state index in [1.807, 2.05) is 30.0 Å². The van der Waals surface area contributed by atoms with Crippen LogP contribution in [0.15, 0.2) is 49.2 Å². The Bertz CT molecular complexity index is 1560. The molecule has 1 amide bonds. The highest BCUT2D eigenvalue weighted by atomic mass is 19.1. The van der Waals surface area contributed by atoms with E-state index in [0.29, 0.717) is 29.9 Å². The van der Waals surface area contributed by atoms with Gasteiger partial charge in [-0.15, -0.1) is 0 Å². The van der Waals surface area contributed by atoms with Crippen molar-refractivity contribution in [1.29, 1.82) is 0 Å². The number of fused-ring (bicyclic) bond motifs is 4. The lowest BCUT2D eigenvalue weighted by Crippen LogP contribution is -2.53. The number of aromatic hydroxyl groups is 1. The smallest absolute Gasteiger partial charge is 0.319 e. The number of hydrogen-bond donors (Lipinski definition) is 1. The molecule has 4 aromatic rings. The van der Waals surface area contributed by atoms with Gasteiger partial charge in [-0.3, -0.25) is 9.78 Å². The number of rotatable bonds is 7. The van der Waals surface area contributed by atoms with E-state index >= 15 is 4.39 Å². The fraction of sp³-hybridized carbons (Fsp3) is 0.310. The Hall–Kier alpha value is -4.27. The summed E-state index contributed by atoms with van der Waals surface area (Å²) < 4.78 is 22.1. The molecule has 2 atom stereocenters. The number of carbonyl (C=O) groups is 1. The summed E-state index contributed by atoms with van der Waals surface area (Å²) >= 11 is 0. The summed E-state index contributed by atoms with van der Waals surface area (Å²) in [6, 6.07) is 9.24. The van der Waals surface area contributed by atoms with Gasteiger partial charge in [-0.05, 0) is 47.7 Å². The molecule has 2 aromatic heterocycles. The number of pyridine rings is 1. The van der Waals surface area contributed by atoms with Gasteiger partial charge in [0, 0.05) is 36.9 Å². The minimum atomic E-state index is -0.609. The van der Waals surface area contributed by atoms with Crippen molar-refractivity contribution in [3.05, 3.63) is 60.6 Å². The summed E-state index contributed by atoms with van der Waals surface area (Å²) in [6.07, 6.45) is 6.68. The zero-order valence-corrected chi connectivity index (χ0v) is 21.1. The molecule has 4 heterocycles. The second-order valence-corrected chi connectivity index (χ2v) is 9.82. The van der Waals surface area contributed by atoms with Crippen LogP contribution in [0.2, 0.25) is 0 Å². The van der Waals surface area contributed by atoms with E-state index in [0.717, 1.165) is 42.0 Å². The summed E-state index contributed by atoms with van der Waals surface area (Å²) in [5, 5.41) is 12.6. The summed E-state index contributed by atoms with van der Waals surface area (Å²) in [5.74, 6) is -0.0460. The first-order valence-electron chi connectivity index (χ1n) is 12.8. The van der Waals surface area contributed by atoms with Crippen LogP contribution in [0.1, 0.15) is 25.3 Å². The molecule has 9 heteroatoms. The average molecular weight is 514 g/mol. The molecule has 6 rings (SSSR count). The van der Waals surface area contributed by atoms with Crippen molar-refractivity contribution in [2.24, 2.45) is 0 Å². The Balaban J connectivity index is 1.54. The molecule has 2 bridgehead atoms. The Labute approximate surface area is 219 Å². The van der Waals surface area contributed by atoms with E-state index in [-0.39, 0.29) is 41.7 Å². The van der Waals surface area contributed by atoms with Crippen molar-refractivity contribution >= 4 is 33.9 Å². The molecule has 2 aliphatic rings. The van der Waals surface area contributed by atoms with Gasteiger partial charge in [0.25, 0.3) is 0 Å².